The average Bonchev–Trinajstić information content (AvgIpc) is 2.77. The number of carbonyl (C=O) groups is 1. The van der Waals surface area contributed by atoms with E-state index >= 15 is 0 Å². The summed E-state index contributed by atoms with van der Waals surface area (Å²) in [6, 6.07) is 6.22. The zero-order valence-corrected chi connectivity index (χ0v) is 11.3. The van der Waals surface area contributed by atoms with E-state index in [1.54, 1.807) is 0 Å². The summed E-state index contributed by atoms with van der Waals surface area (Å²) < 4.78 is 0. The fourth-order valence-corrected chi connectivity index (χ4v) is 2.03. The van der Waals surface area contributed by atoms with Crippen molar-refractivity contribution in [3.05, 3.63) is 29.6 Å². The SMILES string of the molecule is CCc1ccc2nc(CN(C)CCC(=O)O)[nH]c2c1. The van der Waals surface area contributed by atoms with Crippen LogP contribution >= 0.6 is 0 Å². The minimum atomic E-state index is -0.774. The van der Waals surface area contributed by atoms with Crippen LogP contribution in [0.4, 0.5) is 0 Å². The maximum atomic E-state index is 10.5. The van der Waals surface area contributed by atoms with Gasteiger partial charge in [-0.15, -0.1) is 0 Å². The first-order valence-corrected chi connectivity index (χ1v) is 6.46. The van der Waals surface area contributed by atoms with E-state index in [1.165, 1.54) is 5.56 Å². The highest BCUT2D eigenvalue weighted by Gasteiger charge is 2.07. The lowest BCUT2D eigenvalue weighted by Gasteiger charge is -2.12. The number of imidazole rings is 1. The largest absolute Gasteiger partial charge is 0.481 e. The number of nitrogens with zero attached hydrogens (tertiary/aromatic N) is 2. The molecular formula is C14H19N3O2. The summed E-state index contributed by atoms with van der Waals surface area (Å²) in [5.41, 5.74) is 3.28. The molecule has 0 amide bonds. The number of carboxylic acids is 1. The number of aromatic nitrogens is 2. The number of fused-ring (bicyclic) bond motifs is 1. The minimum Gasteiger partial charge on any atom is -0.481 e. The number of aryl methyl sites for hydroxylation is 1. The zero-order chi connectivity index (χ0) is 13.8. The molecule has 1 heterocycles. The Kier molecular flexibility index (Phi) is 4.16. The van der Waals surface area contributed by atoms with E-state index in [1.807, 2.05) is 18.0 Å². The molecule has 0 unspecified atom stereocenters. The van der Waals surface area contributed by atoms with Gasteiger partial charge in [0.05, 0.1) is 24.0 Å². The number of aromatic amines is 1. The molecule has 0 aliphatic heterocycles. The van der Waals surface area contributed by atoms with Crippen molar-refractivity contribution in [3.63, 3.8) is 0 Å². The van der Waals surface area contributed by atoms with Crippen molar-refractivity contribution in [3.8, 4) is 0 Å². The lowest BCUT2D eigenvalue weighted by molar-refractivity contribution is -0.137. The second kappa shape index (κ2) is 5.84. The van der Waals surface area contributed by atoms with Crippen molar-refractivity contribution in [2.24, 2.45) is 0 Å². The van der Waals surface area contributed by atoms with Crippen LogP contribution in [-0.4, -0.2) is 39.5 Å². The Balaban J connectivity index is 2.06. The number of hydrogen-bond donors (Lipinski definition) is 2. The minimum absolute atomic E-state index is 0.150. The van der Waals surface area contributed by atoms with Crippen LogP contribution in [0.1, 0.15) is 24.7 Å². The van der Waals surface area contributed by atoms with Gasteiger partial charge in [0.15, 0.2) is 0 Å². The van der Waals surface area contributed by atoms with Crippen molar-refractivity contribution in [2.75, 3.05) is 13.6 Å². The molecule has 0 fully saturated rings. The zero-order valence-electron chi connectivity index (χ0n) is 11.3. The van der Waals surface area contributed by atoms with Crippen molar-refractivity contribution in [2.45, 2.75) is 26.3 Å². The van der Waals surface area contributed by atoms with E-state index in [0.29, 0.717) is 13.1 Å². The maximum Gasteiger partial charge on any atom is 0.304 e. The molecule has 2 N–H and O–H groups in total. The monoisotopic (exact) mass is 261 g/mol. The molecule has 0 aliphatic carbocycles. The second-order valence-electron chi connectivity index (χ2n) is 4.77. The third kappa shape index (κ3) is 3.54. The smallest absolute Gasteiger partial charge is 0.304 e. The quantitative estimate of drug-likeness (QED) is 0.834. The Morgan fingerprint density at radius 2 is 2.26 bits per heavy atom. The summed E-state index contributed by atoms with van der Waals surface area (Å²) in [7, 11) is 1.90. The number of nitrogens with one attached hydrogen (secondary N) is 1. The van der Waals surface area contributed by atoms with Gasteiger partial charge in [-0.3, -0.25) is 9.69 Å². The highest BCUT2D eigenvalue weighted by molar-refractivity contribution is 5.75. The molecule has 2 rings (SSSR count). The molecule has 1 aromatic carbocycles. The fourth-order valence-electron chi connectivity index (χ4n) is 2.03. The van der Waals surface area contributed by atoms with Crippen LogP contribution in [0, 0.1) is 0 Å². The van der Waals surface area contributed by atoms with Crippen LogP contribution in [-0.2, 0) is 17.8 Å². The van der Waals surface area contributed by atoms with Gasteiger partial charge in [0, 0.05) is 6.54 Å². The van der Waals surface area contributed by atoms with Gasteiger partial charge >= 0.3 is 5.97 Å². The third-order valence-electron chi connectivity index (χ3n) is 3.13. The Hall–Kier alpha value is -1.88. The Labute approximate surface area is 112 Å². The molecule has 102 valence electrons. The highest BCUT2D eigenvalue weighted by atomic mass is 16.4. The first kappa shape index (κ1) is 13.5. The summed E-state index contributed by atoms with van der Waals surface area (Å²) in [6.07, 6.45) is 1.15. The molecule has 0 saturated heterocycles. The van der Waals surface area contributed by atoms with Gasteiger partial charge in [0.1, 0.15) is 5.82 Å². The molecule has 19 heavy (non-hydrogen) atoms. The number of H-pyrrole nitrogens is 1. The summed E-state index contributed by atoms with van der Waals surface area (Å²) in [5.74, 6) is 0.0974. The number of benzene rings is 1. The van der Waals surface area contributed by atoms with E-state index in [9.17, 15) is 4.79 Å². The lowest BCUT2D eigenvalue weighted by Crippen LogP contribution is -2.21. The van der Waals surface area contributed by atoms with E-state index < -0.39 is 5.97 Å². The van der Waals surface area contributed by atoms with Gasteiger partial charge in [-0.1, -0.05) is 13.0 Å². The normalized spacial score (nSPS) is 11.3. The molecule has 0 saturated carbocycles. The van der Waals surface area contributed by atoms with Crippen molar-refractivity contribution in [1.29, 1.82) is 0 Å². The molecule has 0 bridgehead atoms. The van der Waals surface area contributed by atoms with Crippen molar-refractivity contribution < 1.29 is 9.90 Å². The van der Waals surface area contributed by atoms with Gasteiger partial charge < -0.3 is 10.1 Å². The molecule has 0 atom stereocenters. The standard InChI is InChI=1S/C14H19N3O2/c1-3-10-4-5-11-12(8-10)16-13(15-11)9-17(2)7-6-14(18)19/h4-5,8H,3,6-7,9H2,1-2H3,(H,15,16)(H,18,19). The molecule has 5 nitrogen and oxygen atoms in total. The van der Waals surface area contributed by atoms with Crippen LogP contribution in [0.15, 0.2) is 18.2 Å². The van der Waals surface area contributed by atoms with Gasteiger partial charge in [-0.25, -0.2) is 4.98 Å². The first-order chi connectivity index (χ1) is 9.08. The predicted octanol–water partition coefficient (Wildman–Crippen LogP) is 2.03. The van der Waals surface area contributed by atoms with Gasteiger partial charge in [0.25, 0.3) is 0 Å². The summed E-state index contributed by atoms with van der Waals surface area (Å²) in [4.78, 5) is 20.3. The molecule has 1 aromatic heterocycles. The van der Waals surface area contributed by atoms with E-state index in [0.717, 1.165) is 23.3 Å². The van der Waals surface area contributed by atoms with Gasteiger partial charge in [0.2, 0.25) is 0 Å². The fraction of sp³-hybridized carbons (Fsp3) is 0.429. The molecule has 5 heteroatoms. The number of hydrogen-bond acceptors (Lipinski definition) is 3. The first-order valence-electron chi connectivity index (χ1n) is 6.46. The van der Waals surface area contributed by atoms with Crippen molar-refractivity contribution >= 4 is 17.0 Å². The molecule has 0 aliphatic rings. The van der Waals surface area contributed by atoms with Crippen LogP contribution < -0.4 is 0 Å². The molecular weight excluding hydrogens is 242 g/mol. The molecule has 0 spiro atoms. The average molecular weight is 261 g/mol. The van der Waals surface area contributed by atoms with E-state index in [2.05, 4.69) is 29.0 Å². The van der Waals surface area contributed by atoms with Crippen molar-refractivity contribution in [1.82, 2.24) is 14.9 Å². The topological polar surface area (TPSA) is 69.2 Å². The second-order valence-corrected chi connectivity index (χ2v) is 4.77. The van der Waals surface area contributed by atoms with E-state index in [-0.39, 0.29) is 6.42 Å². The van der Waals surface area contributed by atoms with Gasteiger partial charge in [-0.05, 0) is 31.2 Å². The van der Waals surface area contributed by atoms with Crippen LogP contribution in [0.2, 0.25) is 0 Å². The van der Waals surface area contributed by atoms with Crippen LogP contribution in [0.25, 0.3) is 11.0 Å². The number of aliphatic carboxylic acids is 1. The van der Waals surface area contributed by atoms with Crippen LogP contribution in [0.5, 0.6) is 0 Å². The van der Waals surface area contributed by atoms with Gasteiger partial charge in [-0.2, -0.15) is 0 Å². The van der Waals surface area contributed by atoms with Crippen LogP contribution in [0.3, 0.4) is 0 Å². The Morgan fingerprint density at radius 3 is 2.95 bits per heavy atom. The predicted molar refractivity (Wildman–Crippen MR) is 74.1 cm³/mol. The Bertz CT molecular complexity index is 577. The summed E-state index contributed by atoms with van der Waals surface area (Å²) >= 11 is 0. The lowest BCUT2D eigenvalue weighted by atomic mass is 10.1. The summed E-state index contributed by atoms with van der Waals surface area (Å²) in [6.45, 7) is 3.27. The number of carboxylic acid groups (broad SMARTS) is 1. The maximum absolute atomic E-state index is 10.5. The Morgan fingerprint density at radius 1 is 1.47 bits per heavy atom. The third-order valence-corrected chi connectivity index (χ3v) is 3.13. The number of rotatable bonds is 6. The van der Waals surface area contributed by atoms with E-state index in [4.69, 9.17) is 5.11 Å². The molecule has 0 radical (unpaired) electrons. The summed E-state index contributed by atoms with van der Waals surface area (Å²) in [5, 5.41) is 8.65. The molecule has 2 aromatic rings. The highest BCUT2D eigenvalue weighted by Crippen LogP contribution is 2.15.